The summed E-state index contributed by atoms with van der Waals surface area (Å²) in [5.74, 6) is 1.17. The number of aromatic nitrogens is 4. The van der Waals surface area contributed by atoms with Crippen molar-refractivity contribution in [2.75, 3.05) is 25.0 Å². The molecule has 9 nitrogen and oxygen atoms in total. The molecule has 0 aliphatic carbocycles. The fourth-order valence-electron chi connectivity index (χ4n) is 2.59. The van der Waals surface area contributed by atoms with Crippen molar-refractivity contribution in [2.45, 2.75) is 19.8 Å². The van der Waals surface area contributed by atoms with E-state index in [1.165, 1.54) is 6.33 Å². The third-order valence-corrected chi connectivity index (χ3v) is 3.98. The lowest BCUT2D eigenvalue weighted by Crippen LogP contribution is -2.43. The summed E-state index contributed by atoms with van der Waals surface area (Å²) in [5.41, 5.74) is 0.912. The van der Waals surface area contributed by atoms with Crippen LogP contribution in [0.4, 0.5) is 5.82 Å². The highest BCUT2D eigenvalue weighted by Crippen LogP contribution is 2.11. The van der Waals surface area contributed by atoms with Crippen LogP contribution in [0.3, 0.4) is 0 Å². The number of aryl methyl sites for hydroxylation is 1. The van der Waals surface area contributed by atoms with Crippen molar-refractivity contribution in [1.29, 1.82) is 0 Å². The number of nitrogens with one attached hydrogen (secondary N) is 3. The lowest BCUT2D eigenvalue weighted by molar-refractivity contribution is -0.128. The van der Waals surface area contributed by atoms with Crippen LogP contribution < -0.4 is 16.0 Å². The molecule has 1 fully saturated rings. The van der Waals surface area contributed by atoms with Crippen LogP contribution in [0.5, 0.6) is 0 Å². The number of anilines is 1. The van der Waals surface area contributed by atoms with Crippen LogP contribution in [0, 0.1) is 12.8 Å². The van der Waals surface area contributed by atoms with Crippen LogP contribution >= 0.6 is 0 Å². The lowest BCUT2D eigenvalue weighted by atomic mass is 9.98. The number of nitrogens with zero attached hydrogens (tertiary/aromatic N) is 4. The molecule has 0 radical (unpaired) electrons. The normalized spacial score (nSPS) is 17.0. The second kappa shape index (κ2) is 7.73. The summed E-state index contributed by atoms with van der Waals surface area (Å²) in [5, 5.41) is 13.0. The maximum absolute atomic E-state index is 12.0. The molecule has 2 aromatic heterocycles. The number of amides is 2. The lowest BCUT2D eigenvalue weighted by Gasteiger charge is -2.21. The van der Waals surface area contributed by atoms with Crippen molar-refractivity contribution < 1.29 is 9.59 Å². The van der Waals surface area contributed by atoms with Gasteiger partial charge < -0.3 is 16.0 Å². The van der Waals surface area contributed by atoms with Gasteiger partial charge >= 0.3 is 0 Å². The summed E-state index contributed by atoms with van der Waals surface area (Å²) >= 11 is 0. The zero-order valence-electron chi connectivity index (χ0n) is 14.0. The highest BCUT2D eigenvalue weighted by Gasteiger charge is 2.23. The Balaban J connectivity index is 1.44. The number of hydrogen-bond donors (Lipinski definition) is 3. The Morgan fingerprint density at radius 3 is 3.00 bits per heavy atom. The maximum Gasteiger partial charge on any atom is 0.224 e. The zero-order valence-corrected chi connectivity index (χ0v) is 14.0. The van der Waals surface area contributed by atoms with E-state index in [0.29, 0.717) is 44.1 Å². The van der Waals surface area contributed by atoms with Crippen LogP contribution in [0.15, 0.2) is 24.7 Å². The molecule has 3 heterocycles. The Morgan fingerprint density at radius 2 is 2.28 bits per heavy atom. The van der Waals surface area contributed by atoms with E-state index in [2.05, 4.69) is 31.0 Å². The molecule has 0 aromatic carbocycles. The van der Waals surface area contributed by atoms with E-state index in [9.17, 15) is 9.59 Å². The van der Waals surface area contributed by atoms with Gasteiger partial charge in [-0.15, -0.1) is 0 Å². The quantitative estimate of drug-likeness (QED) is 0.638. The van der Waals surface area contributed by atoms with Gasteiger partial charge in [0, 0.05) is 38.3 Å². The molecule has 3 N–H and O–H groups in total. The predicted octanol–water partition coefficient (Wildman–Crippen LogP) is 0.0250. The molecule has 1 unspecified atom stereocenters. The molecule has 1 aliphatic rings. The first-order chi connectivity index (χ1) is 12.1. The average Bonchev–Trinajstić information content (AvgIpc) is 3.06. The molecule has 3 rings (SSSR count). The van der Waals surface area contributed by atoms with E-state index < -0.39 is 0 Å². The van der Waals surface area contributed by atoms with Crippen molar-refractivity contribution in [3.05, 3.63) is 30.4 Å². The molecule has 0 spiro atoms. The van der Waals surface area contributed by atoms with Gasteiger partial charge in [-0.25, -0.2) is 14.6 Å². The Kier molecular flexibility index (Phi) is 5.22. The van der Waals surface area contributed by atoms with Crippen molar-refractivity contribution in [3.63, 3.8) is 0 Å². The monoisotopic (exact) mass is 343 g/mol. The first-order valence-electron chi connectivity index (χ1n) is 8.25. The van der Waals surface area contributed by atoms with Gasteiger partial charge in [-0.05, 0) is 19.4 Å². The standard InChI is InChI=1S/C16H21N7O2/c1-11-4-7-23(22-11)14-8-13(20-10-21-14)17-5-6-18-16(25)12-2-3-15(24)19-9-12/h4,7-8,10,12H,2-3,5-6,9H2,1H3,(H,18,25)(H,19,24)(H,17,20,21). The number of piperidine rings is 1. The summed E-state index contributed by atoms with van der Waals surface area (Å²) < 4.78 is 1.68. The summed E-state index contributed by atoms with van der Waals surface area (Å²) in [7, 11) is 0. The Bertz CT molecular complexity index is 748. The fourth-order valence-corrected chi connectivity index (χ4v) is 2.59. The Labute approximate surface area is 145 Å². The number of carbonyl (C=O) groups is 2. The van der Waals surface area contributed by atoms with E-state index in [0.717, 1.165) is 5.69 Å². The molecule has 9 heteroatoms. The Morgan fingerprint density at radius 1 is 1.40 bits per heavy atom. The molecule has 1 saturated heterocycles. The third-order valence-electron chi connectivity index (χ3n) is 3.98. The highest BCUT2D eigenvalue weighted by molar-refractivity contribution is 5.83. The van der Waals surface area contributed by atoms with Crippen LogP contribution in [-0.2, 0) is 9.59 Å². The molecule has 0 saturated carbocycles. The number of rotatable bonds is 6. The second-order valence-corrected chi connectivity index (χ2v) is 5.92. The van der Waals surface area contributed by atoms with Crippen LogP contribution in [-0.4, -0.2) is 51.2 Å². The summed E-state index contributed by atoms with van der Waals surface area (Å²) in [6, 6.07) is 3.70. The Hall–Kier alpha value is -2.97. The molecule has 2 aromatic rings. The number of hydrogen-bond acceptors (Lipinski definition) is 6. The summed E-state index contributed by atoms with van der Waals surface area (Å²) in [6.45, 7) is 3.34. The van der Waals surface area contributed by atoms with Gasteiger partial charge in [0.25, 0.3) is 0 Å². The van der Waals surface area contributed by atoms with Crippen LogP contribution in [0.2, 0.25) is 0 Å². The van der Waals surface area contributed by atoms with Gasteiger partial charge in [-0.1, -0.05) is 0 Å². The SMILES string of the molecule is Cc1ccn(-c2cc(NCCNC(=O)C3CCC(=O)NC3)ncn2)n1. The van der Waals surface area contributed by atoms with Crippen molar-refractivity contribution in [2.24, 2.45) is 5.92 Å². The molecule has 1 aliphatic heterocycles. The van der Waals surface area contributed by atoms with Gasteiger partial charge in [-0.3, -0.25) is 9.59 Å². The highest BCUT2D eigenvalue weighted by atomic mass is 16.2. The predicted molar refractivity (Wildman–Crippen MR) is 91.1 cm³/mol. The minimum Gasteiger partial charge on any atom is -0.368 e. The van der Waals surface area contributed by atoms with E-state index in [4.69, 9.17) is 0 Å². The first-order valence-corrected chi connectivity index (χ1v) is 8.25. The summed E-state index contributed by atoms with van der Waals surface area (Å²) in [4.78, 5) is 31.5. The minimum absolute atomic E-state index is 0.0117. The van der Waals surface area contributed by atoms with Gasteiger partial charge in [0.05, 0.1) is 11.6 Å². The van der Waals surface area contributed by atoms with E-state index >= 15 is 0 Å². The van der Waals surface area contributed by atoms with Crippen molar-refractivity contribution in [3.8, 4) is 5.82 Å². The fraction of sp³-hybridized carbons (Fsp3) is 0.438. The molecule has 0 bridgehead atoms. The van der Waals surface area contributed by atoms with Crippen molar-refractivity contribution >= 4 is 17.6 Å². The molecular weight excluding hydrogens is 322 g/mol. The van der Waals surface area contributed by atoms with Crippen LogP contribution in [0.25, 0.3) is 5.82 Å². The average molecular weight is 343 g/mol. The smallest absolute Gasteiger partial charge is 0.224 e. The van der Waals surface area contributed by atoms with Gasteiger partial charge in [0.15, 0.2) is 5.82 Å². The molecule has 2 amide bonds. The molecule has 132 valence electrons. The molecule has 1 atom stereocenters. The van der Waals surface area contributed by atoms with E-state index in [1.807, 2.05) is 19.2 Å². The van der Waals surface area contributed by atoms with Gasteiger partial charge in [0.1, 0.15) is 12.1 Å². The third kappa shape index (κ3) is 4.52. The zero-order chi connectivity index (χ0) is 17.6. The molecular formula is C16H21N7O2. The van der Waals surface area contributed by atoms with E-state index in [1.54, 1.807) is 10.7 Å². The largest absolute Gasteiger partial charge is 0.368 e. The molecule has 25 heavy (non-hydrogen) atoms. The first kappa shape index (κ1) is 16.9. The number of carbonyl (C=O) groups excluding carboxylic acids is 2. The summed E-state index contributed by atoms with van der Waals surface area (Å²) in [6.07, 6.45) is 4.32. The topological polar surface area (TPSA) is 114 Å². The van der Waals surface area contributed by atoms with Crippen molar-refractivity contribution in [1.82, 2.24) is 30.4 Å². The van der Waals surface area contributed by atoms with Gasteiger partial charge in [0.2, 0.25) is 11.8 Å². The minimum atomic E-state index is -0.147. The van der Waals surface area contributed by atoms with Gasteiger partial charge in [-0.2, -0.15) is 5.10 Å². The second-order valence-electron chi connectivity index (χ2n) is 5.92. The maximum atomic E-state index is 12.0. The van der Waals surface area contributed by atoms with Crippen LogP contribution in [0.1, 0.15) is 18.5 Å². The van der Waals surface area contributed by atoms with E-state index in [-0.39, 0.29) is 17.7 Å².